The zero-order valence-corrected chi connectivity index (χ0v) is 14.6. The Balaban J connectivity index is 0.00000147. The van der Waals surface area contributed by atoms with Gasteiger partial charge >= 0.3 is 0 Å². The summed E-state index contributed by atoms with van der Waals surface area (Å²) in [6, 6.07) is 6.97. The summed E-state index contributed by atoms with van der Waals surface area (Å²) < 4.78 is 1.04. The van der Waals surface area contributed by atoms with Crippen molar-refractivity contribution < 1.29 is 4.79 Å². The van der Waals surface area contributed by atoms with E-state index in [0.29, 0.717) is 22.7 Å². The van der Waals surface area contributed by atoms with E-state index in [1.807, 2.05) is 12.1 Å². The number of piperidine rings is 1. The van der Waals surface area contributed by atoms with Gasteiger partial charge in [-0.1, -0.05) is 11.6 Å². The number of hydrogen-bond donors (Lipinski definition) is 2. The molecule has 2 N–H and O–H groups in total. The topological polar surface area (TPSA) is 41.1 Å². The Morgan fingerprint density at radius 3 is 2.55 bits per heavy atom. The molecule has 1 aromatic rings. The Labute approximate surface area is 143 Å². The summed E-state index contributed by atoms with van der Waals surface area (Å²) >= 11 is 8.32. The second-order valence-corrected chi connectivity index (χ2v) is 7.06. The van der Waals surface area contributed by atoms with Crippen LogP contribution in [0.25, 0.3) is 0 Å². The lowest BCUT2D eigenvalue weighted by Gasteiger charge is -2.29. The van der Waals surface area contributed by atoms with Gasteiger partial charge in [0.05, 0.1) is 10.6 Å². The first-order valence-electron chi connectivity index (χ1n) is 6.64. The van der Waals surface area contributed by atoms with Crippen LogP contribution < -0.4 is 10.6 Å². The van der Waals surface area contributed by atoms with E-state index in [1.165, 1.54) is 12.8 Å². The molecule has 2 heterocycles. The lowest BCUT2D eigenvalue weighted by molar-refractivity contribution is 0.0924. The highest BCUT2D eigenvalue weighted by atomic mass is 127. The standard InChI is InChI=1S/C14H16ClIN2O.ClH/c15-13-5-8(16)1-4-12(13)14(19)18-11-6-9-2-3-10(7-11)17-9;/h1,4-5,9-11,17H,2-3,6-7H2,(H,18,19);1H. The molecule has 3 nitrogen and oxygen atoms in total. The predicted molar refractivity (Wildman–Crippen MR) is 91.9 cm³/mol. The normalized spacial score (nSPS) is 27.8. The maximum atomic E-state index is 12.3. The number of rotatable bonds is 2. The number of amides is 1. The summed E-state index contributed by atoms with van der Waals surface area (Å²) in [7, 11) is 0. The van der Waals surface area contributed by atoms with Gasteiger partial charge in [-0.15, -0.1) is 12.4 Å². The quantitative estimate of drug-likeness (QED) is 0.711. The molecular weight excluding hydrogens is 410 g/mol. The molecule has 2 bridgehead atoms. The monoisotopic (exact) mass is 426 g/mol. The summed E-state index contributed by atoms with van der Waals surface area (Å²) in [5.41, 5.74) is 0.577. The van der Waals surface area contributed by atoms with Crippen molar-refractivity contribution in [3.8, 4) is 0 Å². The number of benzene rings is 1. The predicted octanol–water partition coefficient (Wildman–Crippen LogP) is 3.38. The fourth-order valence-corrected chi connectivity index (χ4v) is 4.05. The molecule has 2 aliphatic rings. The lowest BCUT2D eigenvalue weighted by atomic mass is 9.99. The Hall–Kier alpha value is -0.0400. The number of carbonyl (C=O) groups excluding carboxylic acids is 1. The number of hydrogen-bond acceptors (Lipinski definition) is 2. The molecular formula is C14H17Cl2IN2O. The molecule has 2 saturated heterocycles. The summed E-state index contributed by atoms with van der Waals surface area (Å²) in [4.78, 5) is 12.3. The molecule has 0 aliphatic carbocycles. The maximum Gasteiger partial charge on any atom is 0.253 e. The van der Waals surface area contributed by atoms with E-state index in [9.17, 15) is 4.79 Å². The average molecular weight is 427 g/mol. The SMILES string of the molecule is Cl.O=C(NC1CC2CCC(C1)N2)c1ccc(I)cc1Cl. The number of halogens is 3. The minimum absolute atomic E-state index is 0. The molecule has 0 radical (unpaired) electrons. The van der Waals surface area contributed by atoms with Crippen LogP contribution in [-0.2, 0) is 0 Å². The number of carbonyl (C=O) groups is 1. The van der Waals surface area contributed by atoms with Gasteiger partial charge in [0, 0.05) is 21.7 Å². The van der Waals surface area contributed by atoms with Crippen molar-refractivity contribution in [3.05, 3.63) is 32.4 Å². The maximum absolute atomic E-state index is 12.3. The van der Waals surface area contributed by atoms with E-state index >= 15 is 0 Å². The van der Waals surface area contributed by atoms with Gasteiger partial charge < -0.3 is 10.6 Å². The van der Waals surface area contributed by atoms with E-state index in [4.69, 9.17) is 11.6 Å². The van der Waals surface area contributed by atoms with Crippen LogP contribution in [0.2, 0.25) is 5.02 Å². The third-order valence-electron chi connectivity index (χ3n) is 3.98. The minimum Gasteiger partial charge on any atom is -0.349 e. The molecule has 2 unspecified atom stereocenters. The summed E-state index contributed by atoms with van der Waals surface area (Å²) in [5, 5.41) is 7.23. The van der Waals surface area contributed by atoms with E-state index in [-0.39, 0.29) is 24.4 Å². The zero-order valence-electron chi connectivity index (χ0n) is 10.9. The first kappa shape index (κ1) is 16.3. The van der Waals surface area contributed by atoms with Crippen molar-refractivity contribution in [1.29, 1.82) is 0 Å². The summed E-state index contributed by atoms with van der Waals surface area (Å²) in [6.45, 7) is 0. The molecule has 2 aliphatic heterocycles. The fourth-order valence-electron chi connectivity index (χ4n) is 3.11. The highest BCUT2D eigenvalue weighted by Crippen LogP contribution is 2.27. The van der Waals surface area contributed by atoms with Crippen molar-refractivity contribution in [2.45, 2.75) is 43.8 Å². The Morgan fingerprint density at radius 2 is 1.95 bits per heavy atom. The third kappa shape index (κ3) is 3.59. The van der Waals surface area contributed by atoms with Crippen LogP contribution >= 0.6 is 46.6 Å². The van der Waals surface area contributed by atoms with Crippen molar-refractivity contribution in [3.63, 3.8) is 0 Å². The molecule has 20 heavy (non-hydrogen) atoms. The summed E-state index contributed by atoms with van der Waals surface area (Å²) in [6.07, 6.45) is 4.54. The number of nitrogens with one attached hydrogen (secondary N) is 2. The molecule has 1 aromatic carbocycles. The van der Waals surface area contributed by atoms with Gasteiger partial charge in [-0.2, -0.15) is 0 Å². The van der Waals surface area contributed by atoms with Crippen LogP contribution in [0.4, 0.5) is 0 Å². The van der Waals surface area contributed by atoms with Crippen molar-refractivity contribution in [1.82, 2.24) is 10.6 Å². The molecule has 3 rings (SSSR count). The fraction of sp³-hybridized carbons (Fsp3) is 0.500. The zero-order chi connectivity index (χ0) is 13.4. The molecule has 0 saturated carbocycles. The van der Waals surface area contributed by atoms with Gasteiger partial charge in [-0.3, -0.25) is 4.79 Å². The smallest absolute Gasteiger partial charge is 0.253 e. The Bertz CT molecular complexity index is 500. The van der Waals surface area contributed by atoms with Gasteiger partial charge in [-0.05, 0) is 66.5 Å². The highest BCUT2D eigenvalue weighted by molar-refractivity contribution is 14.1. The lowest BCUT2D eigenvalue weighted by Crippen LogP contribution is -2.48. The van der Waals surface area contributed by atoms with Gasteiger partial charge in [0.2, 0.25) is 0 Å². The van der Waals surface area contributed by atoms with E-state index in [1.54, 1.807) is 6.07 Å². The van der Waals surface area contributed by atoms with Crippen LogP contribution in [0, 0.1) is 3.57 Å². The van der Waals surface area contributed by atoms with Crippen molar-refractivity contribution >= 4 is 52.5 Å². The summed E-state index contributed by atoms with van der Waals surface area (Å²) in [5.74, 6) is -0.0484. The van der Waals surface area contributed by atoms with Crippen LogP contribution in [0.3, 0.4) is 0 Å². The van der Waals surface area contributed by atoms with Gasteiger partial charge in [-0.25, -0.2) is 0 Å². The second-order valence-electron chi connectivity index (χ2n) is 5.40. The largest absolute Gasteiger partial charge is 0.349 e. The minimum atomic E-state index is -0.0484. The molecule has 2 fully saturated rings. The average Bonchev–Trinajstić information content (AvgIpc) is 2.68. The van der Waals surface area contributed by atoms with Crippen molar-refractivity contribution in [2.75, 3.05) is 0 Å². The molecule has 1 amide bonds. The van der Waals surface area contributed by atoms with Gasteiger partial charge in [0.1, 0.15) is 0 Å². The van der Waals surface area contributed by atoms with Crippen LogP contribution in [0.1, 0.15) is 36.0 Å². The Kier molecular flexibility index (Phi) is 5.56. The molecule has 110 valence electrons. The molecule has 0 spiro atoms. The number of fused-ring (bicyclic) bond motifs is 2. The second kappa shape index (κ2) is 6.81. The van der Waals surface area contributed by atoms with Gasteiger partial charge in [0.15, 0.2) is 0 Å². The van der Waals surface area contributed by atoms with Crippen molar-refractivity contribution in [2.24, 2.45) is 0 Å². The van der Waals surface area contributed by atoms with E-state index < -0.39 is 0 Å². The van der Waals surface area contributed by atoms with Crippen LogP contribution in [-0.4, -0.2) is 24.0 Å². The first-order chi connectivity index (χ1) is 9.11. The molecule has 2 atom stereocenters. The Morgan fingerprint density at radius 1 is 1.30 bits per heavy atom. The molecule has 0 aromatic heterocycles. The third-order valence-corrected chi connectivity index (χ3v) is 4.97. The van der Waals surface area contributed by atoms with Crippen LogP contribution in [0.5, 0.6) is 0 Å². The first-order valence-corrected chi connectivity index (χ1v) is 8.09. The van der Waals surface area contributed by atoms with Crippen LogP contribution in [0.15, 0.2) is 18.2 Å². The van der Waals surface area contributed by atoms with Gasteiger partial charge in [0.25, 0.3) is 5.91 Å². The van der Waals surface area contributed by atoms with E-state index in [2.05, 4.69) is 33.2 Å². The molecule has 6 heteroatoms. The van der Waals surface area contributed by atoms with E-state index in [0.717, 1.165) is 16.4 Å². The highest BCUT2D eigenvalue weighted by Gasteiger charge is 2.34.